The molecule has 5 nitrogen and oxygen atoms in total. The lowest BCUT2D eigenvalue weighted by Gasteiger charge is -2.05. The Morgan fingerprint density at radius 1 is 1.11 bits per heavy atom. The van der Waals surface area contributed by atoms with Crippen molar-refractivity contribution in [3.8, 4) is 0 Å². The van der Waals surface area contributed by atoms with Gasteiger partial charge in [0.2, 0.25) is 0 Å². The Morgan fingerprint density at radius 2 is 1.83 bits per heavy atom. The van der Waals surface area contributed by atoms with Crippen LogP contribution in [-0.4, -0.2) is 26.8 Å². The van der Waals surface area contributed by atoms with E-state index in [0.717, 1.165) is 12.2 Å². The van der Waals surface area contributed by atoms with Crippen LogP contribution in [0.3, 0.4) is 0 Å². The smallest absolute Gasteiger partial charge is 0.152 e. The minimum absolute atomic E-state index is 0.565. The first-order valence-electron chi connectivity index (χ1n) is 6.36. The number of benzene rings is 1. The molecule has 0 radical (unpaired) electrons. The molecule has 5 heteroatoms. The Bertz CT molecular complexity index is 474. The zero-order valence-electron chi connectivity index (χ0n) is 10.7. The molecular formula is C13H19N5. The van der Waals surface area contributed by atoms with Gasteiger partial charge in [-0.2, -0.15) is 0 Å². The summed E-state index contributed by atoms with van der Waals surface area (Å²) in [5, 5.41) is 11.7. The molecule has 0 saturated heterocycles. The molecule has 0 aliphatic heterocycles. The summed E-state index contributed by atoms with van der Waals surface area (Å²) in [5.74, 6) is 0.843. The van der Waals surface area contributed by atoms with E-state index in [1.165, 1.54) is 17.5 Å². The molecule has 0 aliphatic rings. The van der Waals surface area contributed by atoms with Crippen molar-refractivity contribution in [1.82, 2.24) is 20.2 Å². The molecule has 1 aromatic heterocycles. The molecule has 18 heavy (non-hydrogen) atoms. The first kappa shape index (κ1) is 12.7. The number of hydrogen-bond acceptors (Lipinski definition) is 4. The van der Waals surface area contributed by atoms with E-state index in [0.29, 0.717) is 19.5 Å². The average molecular weight is 245 g/mol. The fourth-order valence-electron chi connectivity index (χ4n) is 1.93. The van der Waals surface area contributed by atoms with Crippen LogP contribution < -0.4 is 5.73 Å². The first-order valence-corrected chi connectivity index (χ1v) is 6.36. The van der Waals surface area contributed by atoms with E-state index >= 15 is 0 Å². The van der Waals surface area contributed by atoms with Crippen LogP contribution in [0, 0.1) is 0 Å². The topological polar surface area (TPSA) is 69.6 Å². The fraction of sp³-hybridized carbons (Fsp3) is 0.462. The number of nitrogens with two attached hydrogens (primary N) is 1. The molecule has 2 rings (SSSR count). The Hall–Kier alpha value is -1.75. The van der Waals surface area contributed by atoms with Crippen LogP contribution in [0.2, 0.25) is 0 Å². The van der Waals surface area contributed by atoms with Gasteiger partial charge < -0.3 is 5.73 Å². The quantitative estimate of drug-likeness (QED) is 0.829. The molecule has 0 aliphatic carbocycles. The van der Waals surface area contributed by atoms with Crippen LogP contribution in [-0.2, 0) is 19.4 Å². The van der Waals surface area contributed by atoms with Crippen molar-refractivity contribution >= 4 is 0 Å². The largest absolute Gasteiger partial charge is 0.330 e. The highest BCUT2D eigenvalue weighted by molar-refractivity contribution is 5.22. The third kappa shape index (κ3) is 3.13. The van der Waals surface area contributed by atoms with Crippen molar-refractivity contribution in [2.75, 3.05) is 6.54 Å². The van der Waals surface area contributed by atoms with Gasteiger partial charge in [0.1, 0.15) is 0 Å². The summed E-state index contributed by atoms with van der Waals surface area (Å²) in [5.41, 5.74) is 8.11. The van der Waals surface area contributed by atoms with Gasteiger partial charge in [-0.1, -0.05) is 37.6 Å². The summed E-state index contributed by atoms with van der Waals surface area (Å²) in [4.78, 5) is 0. The summed E-state index contributed by atoms with van der Waals surface area (Å²) >= 11 is 0. The number of tetrazole rings is 1. The average Bonchev–Trinajstić information content (AvgIpc) is 2.80. The van der Waals surface area contributed by atoms with Crippen LogP contribution in [0.15, 0.2) is 24.3 Å². The second kappa shape index (κ2) is 6.26. The third-order valence-corrected chi connectivity index (χ3v) is 2.87. The van der Waals surface area contributed by atoms with Crippen LogP contribution in [0.4, 0.5) is 0 Å². The van der Waals surface area contributed by atoms with E-state index in [9.17, 15) is 0 Å². The summed E-state index contributed by atoms with van der Waals surface area (Å²) in [6, 6.07) is 8.62. The minimum atomic E-state index is 0.565. The van der Waals surface area contributed by atoms with Crippen molar-refractivity contribution in [3.63, 3.8) is 0 Å². The fourth-order valence-corrected chi connectivity index (χ4v) is 1.93. The molecule has 96 valence electrons. The van der Waals surface area contributed by atoms with Crippen molar-refractivity contribution in [2.24, 2.45) is 5.73 Å². The number of hydrogen-bond donors (Lipinski definition) is 1. The van der Waals surface area contributed by atoms with Gasteiger partial charge in [-0.3, -0.25) is 0 Å². The lowest BCUT2D eigenvalue weighted by Crippen LogP contribution is -2.12. The lowest BCUT2D eigenvalue weighted by molar-refractivity contribution is 0.617. The molecule has 0 spiro atoms. The first-order chi connectivity index (χ1) is 8.83. The molecule has 1 aromatic carbocycles. The van der Waals surface area contributed by atoms with Crippen molar-refractivity contribution in [3.05, 3.63) is 41.2 Å². The molecule has 0 saturated carbocycles. The molecular weight excluding hydrogens is 226 g/mol. The van der Waals surface area contributed by atoms with Gasteiger partial charge in [0, 0.05) is 6.42 Å². The monoisotopic (exact) mass is 245 g/mol. The summed E-state index contributed by atoms with van der Waals surface area (Å²) in [6.45, 7) is 3.46. The van der Waals surface area contributed by atoms with Crippen LogP contribution in [0.25, 0.3) is 0 Å². The molecule has 0 amide bonds. The lowest BCUT2D eigenvalue weighted by atomic mass is 10.1. The maximum Gasteiger partial charge on any atom is 0.152 e. The van der Waals surface area contributed by atoms with Crippen molar-refractivity contribution < 1.29 is 0 Å². The van der Waals surface area contributed by atoms with E-state index in [4.69, 9.17) is 5.73 Å². The van der Waals surface area contributed by atoms with E-state index in [1.807, 2.05) is 4.68 Å². The SMILES string of the molecule is CCCc1ccc(Cn2nnnc2CCN)cc1. The molecule has 0 fully saturated rings. The third-order valence-electron chi connectivity index (χ3n) is 2.87. The number of rotatable bonds is 6. The highest BCUT2D eigenvalue weighted by Crippen LogP contribution is 2.08. The molecule has 2 N–H and O–H groups in total. The Balaban J connectivity index is 2.06. The van der Waals surface area contributed by atoms with Gasteiger partial charge in [-0.05, 0) is 34.5 Å². The maximum absolute atomic E-state index is 5.53. The Morgan fingerprint density at radius 3 is 2.50 bits per heavy atom. The van der Waals surface area contributed by atoms with Gasteiger partial charge in [-0.15, -0.1) is 5.10 Å². The maximum atomic E-state index is 5.53. The van der Waals surface area contributed by atoms with Gasteiger partial charge in [-0.25, -0.2) is 4.68 Å². The molecule has 1 heterocycles. The van der Waals surface area contributed by atoms with Crippen LogP contribution in [0.1, 0.15) is 30.3 Å². The van der Waals surface area contributed by atoms with Crippen LogP contribution in [0.5, 0.6) is 0 Å². The van der Waals surface area contributed by atoms with E-state index in [-0.39, 0.29) is 0 Å². The van der Waals surface area contributed by atoms with E-state index in [2.05, 4.69) is 46.7 Å². The molecule has 0 atom stereocenters. The van der Waals surface area contributed by atoms with E-state index in [1.54, 1.807) is 0 Å². The van der Waals surface area contributed by atoms with Gasteiger partial charge in [0.25, 0.3) is 0 Å². The number of aryl methyl sites for hydroxylation is 1. The Kier molecular flexibility index (Phi) is 4.41. The molecule has 0 bridgehead atoms. The van der Waals surface area contributed by atoms with Gasteiger partial charge >= 0.3 is 0 Å². The van der Waals surface area contributed by atoms with E-state index < -0.39 is 0 Å². The minimum Gasteiger partial charge on any atom is -0.330 e. The van der Waals surface area contributed by atoms with Crippen molar-refractivity contribution in [1.29, 1.82) is 0 Å². The highest BCUT2D eigenvalue weighted by Gasteiger charge is 2.05. The van der Waals surface area contributed by atoms with Crippen molar-refractivity contribution in [2.45, 2.75) is 32.7 Å². The summed E-state index contributed by atoms with van der Waals surface area (Å²) in [7, 11) is 0. The second-order valence-electron chi connectivity index (χ2n) is 4.36. The number of aromatic nitrogens is 4. The second-order valence-corrected chi connectivity index (χ2v) is 4.36. The van der Waals surface area contributed by atoms with Gasteiger partial charge in [0.05, 0.1) is 6.54 Å². The zero-order chi connectivity index (χ0) is 12.8. The molecule has 0 unspecified atom stereocenters. The normalized spacial score (nSPS) is 10.8. The van der Waals surface area contributed by atoms with Crippen LogP contribution >= 0.6 is 0 Å². The standard InChI is InChI=1S/C13H19N5/c1-2-3-11-4-6-12(7-5-11)10-18-13(8-9-14)15-16-17-18/h4-7H,2-3,8-10,14H2,1H3. The molecule has 2 aromatic rings. The predicted octanol–water partition coefficient (Wildman–Crippen LogP) is 1.18. The Labute approximate surface area is 107 Å². The predicted molar refractivity (Wildman–Crippen MR) is 70.1 cm³/mol. The summed E-state index contributed by atoms with van der Waals surface area (Å²) < 4.78 is 1.81. The number of nitrogens with zero attached hydrogens (tertiary/aromatic N) is 4. The van der Waals surface area contributed by atoms with Gasteiger partial charge in [0.15, 0.2) is 5.82 Å². The summed E-state index contributed by atoms with van der Waals surface area (Å²) in [6.07, 6.45) is 3.01. The zero-order valence-corrected chi connectivity index (χ0v) is 10.7. The highest BCUT2D eigenvalue weighted by atomic mass is 15.5.